The van der Waals surface area contributed by atoms with Crippen molar-refractivity contribution in [1.29, 1.82) is 0 Å². The number of carbonyl (C=O) groups is 1. The van der Waals surface area contributed by atoms with Crippen LogP contribution in [0.5, 0.6) is 0 Å². The Bertz CT molecular complexity index is 657. The quantitative estimate of drug-likeness (QED) is 0.626. The number of imidazole rings is 1. The standard InChI is InChI=1S/C17H20N2O2/c1-12(2)17(20)21-11-16-18-15(13(3)19(16)4)10-14-8-6-5-7-9-14/h5-9H,1,10-11H2,2-4H3. The fourth-order valence-electron chi connectivity index (χ4n) is 2.04. The highest BCUT2D eigenvalue weighted by atomic mass is 16.5. The molecule has 0 amide bonds. The van der Waals surface area contributed by atoms with E-state index in [1.807, 2.05) is 36.7 Å². The topological polar surface area (TPSA) is 44.1 Å². The highest BCUT2D eigenvalue weighted by molar-refractivity contribution is 5.86. The lowest BCUT2D eigenvalue weighted by Crippen LogP contribution is -2.08. The van der Waals surface area contributed by atoms with Crippen LogP contribution in [0.2, 0.25) is 0 Å². The van der Waals surface area contributed by atoms with E-state index in [2.05, 4.69) is 23.7 Å². The molecule has 0 saturated carbocycles. The minimum Gasteiger partial charge on any atom is -0.454 e. The average Bonchev–Trinajstić information content (AvgIpc) is 2.74. The predicted octanol–water partition coefficient (Wildman–Crippen LogP) is 2.94. The first-order valence-electron chi connectivity index (χ1n) is 6.86. The van der Waals surface area contributed by atoms with Crippen LogP contribution in [0.25, 0.3) is 0 Å². The molecule has 0 unspecified atom stereocenters. The van der Waals surface area contributed by atoms with Gasteiger partial charge in [-0.25, -0.2) is 9.78 Å². The Balaban J connectivity index is 2.13. The van der Waals surface area contributed by atoms with E-state index >= 15 is 0 Å². The van der Waals surface area contributed by atoms with E-state index in [4.69, 9.17) is 4.74 Å². The van der Waals surface area contributed by atoms with Crippen molar-refractivity contribution >= 4 is 5.97 Å². The summed E-state index contributed by atoms with van der Waals surface area (Å²) in [5.41, 5.74) is 3.69. The normalized spacial score (nSPS) is 10.4. The number of hydrogen-bond donors (Lipinski definition) is 0. The van der Waals surface area contributed by atoms with Crippen LogP contribution in [0, 0.1) is 6.92 Å². The summed E-state index contributed by atoms with van der Waals surface area (Å²) in [4.78, 5) is 16.0. The first-order chi connectivity index (χ1) is 9.99. The Morgan fingerprint density at radius 1 is 1.33 bits per heavy atom. The van der Waals surface area contributed by atoms with Gasteiger partial charge in [0.2, 0.25) is 0 Å². The maximum Gasteiger partial charge on any atom is 0.333 e. The van der Waals surface area contributed by atoms with Gasteiger partial charge in [0.1, 0.15) is 12.4 Å². The van der Waals surface area contributed by atoms with Crippen molar-refractivity contribution < 1.29 is 9.53 Å². The Labute approximate surface area is 125 Å². The van der Waals surface area contributed by atoms with Crippen molar-refractivity contribution in [2.24, 2.45) is 7.05 Å². The number of hydrogen-bond acceptors (Lipinski definition) is 3. The lowest BCUT2D eigenvalue weighted by atomic mass is 10.1. The molecule has 0 aliphatic carbocycles. The van der Waals surface area contributed by atoms with Crippen LogP contribution in [0.15, 0.2) is 42.5 Å². The summed E-state index contributed by atoms with van der Waals surface area (Å²) in [7, 11) is 1.93. The second-order valence-corrected chi connectivity index (χ2v) is 5.14. The molecule has 4 nitrogen and oxygen atoms in total. The van der Waals surface area contributed by atoms with Gasteiger partial charge in [0.15, 0.2) is 0 Å². The van der Waals surface area contributed by atoms with Crippen LogP contribution in [0.4, 0.5) is 0 Å². The molecule has 0 saturated heterocycles. The predicted molar refractivity (Wildman–Crippen MR) is 81.8 cm³/mol. The Morgan fingerprint density at radius 2 is 2.00 bits per heavy atom. The number of carbonyl (C=O) groups excluding carboxylic acids is 1. The molecule has 0 aliphatic heterocycles. The van der Waals surface area contributed by atoms with Gasteiger partial charge in [0.25, 0.3) is 0 Å². The fraction of sp³-hybridized carbons (Fsp3) is 0.294. The first-order valence-corrected chi connectivity index (χ1v) is 6.86. The maximum absolute atomic E-state index is 11.5. The molecule has 110 valence electrons. The molecule has 0 spiro atoms. The number of nitrogens with zero attached hydrogens (tertiary/aromatic N) is 2. The highest BCUT2D eigenvalue weighted by Gasteiger charge is 2.13. The molecule has 0 atom stereocenters. The van der Waals surface area contributed by atoms with Gasteiger partial charge in [0.05, 0.1) is 5.69 Å². The van der Waals surface area contributed by atoms with Crippen molar-refractivity contribution in [3.8, 4) is 0 Å². The molecular formula is C17H20N2O2. The zero-order valence-corrected chi connectivity index (χ0v) is 12.7. The molecule has 0 N–H and O–H groups in total. The largest absolute Gasteiger partial charge is 0.454 e. The van der Waals surface area contributed by atoms with Crippen LogP contribution in [0.1, 0.15) is 29.7 Å². The van der Waals surface area contributed by atoms with Gasteiger partial charge in [-0.2, -0.15) is 0 Å². The number of rotatable bonds is 5. The van der Waals surface area contributed by atoms with E-state index in [0.717, 1.165) is 23.6 Å². The van der Waals surface area contributed by atoms with Gasteiger partial charge in [-0.15, -0.1) is 0 Å². The zero-order chi connectivity index (χ0) is 15.4. The third kappa shape index (κ3) is 3.60. The minimum absolute atomic E-state index is 0.165. The molecule has 4 heteroatoms. The smallest absolute Gasteiger partial charge is 0.333 e. The van der Waals surface area contributed by atoms with Crippen LogP contribution >= 0.6 is 0 Å². The molecule has 1 heterocycles. The summed E-state index contributed by atoms with van der Waals surface area (Å²) in [5.74, 6) is 0.355. The van der Waals surface area contributed by atoms with Gasteiger partial charge in [-0.1, -0.05) is 36.9 Å². The van der Waals surface area contributed by atoms with Crippen LogP contribution in [0.3, 0.4) is 0 Å². The Hall–Kier alpha value is -2.36. The van der Waals surface area contributed by atoms with Crippen molar-refractivity contribution in [2.45, 2.75) is 26.9 Å². The van der Waals surface area contributed by atoms with Gasteiger partial charge >= 0.3 is 5.97 Å². The van der Waals surface area contributed by atoms with Gasteiger partial charge in [-0.05, 0) is 19.4 Å². The molecule has 0 bridgehead atoms. The van der Waals surface area contributed by atoms with Gasteiger partial charge < -0.3 is 9.30 Å². The molecule has 2 aromatic rings. The SMILES string of the molecule is C=C(C)C(=O)OCc1nc(Cc2ccccc2)c(C)n1C. The lowest BCUT2D eigenvalue weighted by Gasteiger charge is -2.04. The van der Waals surface area contributed by atoms with E-state index in [-0.39, 0.29) is 12.6 Å². The molecule has 0 fully saturated rings. The van der Waals surface area contributed by atoms with Crippen molar-refractivity contribution in [3.05, 3.63) is 65.3 Å². The molecule has 0 radical (unpaired) electrons. The summed E-state index contributed by atoms with van der Waals surface area (Å²) in [6.07, 6.45) is 0.773. The summed E-state index contributed by atoms with van der Waals surface area (Å²) in [6, 6.07) is 10.2. The average molecular weight is 284 g/mol. The minimum atomic E-state index is -0.389. The molecule has 1 aromatic carbocycles. The molecule has 0 aliphatic rings. The lowest BCUT2D eigenvalue weighted by molar-refractivity contribution is -0.140. The Morgan fingerprint density at radius 3 is 2.62 bits per heavy atom. The summed E-state index contributed by atoms with van der Waals surface area (Å²) < 4.78 is 7.13. The number of benzene rings is 1. The third-order valence-corrected chi connectivity index (χ3v) is 3.47. The monoisotopic (exact) mass is 284 g/mol. The number of esters is 1. The van der Waals surface area contributed by atoms with E-state index in [9.17, 15) is 4.79 Å². The van der Waals surface area contributed by atoms with Crippen LogP contribution in [-0.2, 0) is 29.6 Å². The van der Waals surface area contributed by atoms with Crippen LogP contribution in [-0.4, -0.2) is 15.5 Å². The van der Waals surface area contributed by atoms with E-state index in [1.54, 1.807) is 6.92 Å². The summed E-state index contributed by atoms with van der Waals surface area (Å²) >= 11 is 0. The highest BCUT2D eigenvalue weighted by Crippen LogP contribution is 2.15. The second kappa shape index (κ2) is 6.39. The third-order valence-electron chi connectivity index (χ3n) is 3.47. The van der Waals surface area contributed by atoms with E-state index in [0.29, 0.717) is 5.57 Å². The molecule has 21 heavy (non-hydrogen) atoms. The molecular weight excluding hydrogens is 264 g/mol. The van der Waals surface area contributed by atoms with Crippen molar-refractivity contribution in [1.82, 2.24) is 9.55 Å². The first kappa shape index (κ1) is 15.0. The van der Waals surface area contributed by atoms with Crippen LogP contribution < -0.4 is 0 Å². The number of aromatic nitrogens is 2. The van der Waals surface area contributed by atoms with Gasteiger partial charge in [-0.3, -0.25) is 0 Å². The Kier molecular flexibility index (Phi) is 4.58. The molecule has 1 aromatic heterocycles. The van der Waals surface area contributed by atoms with Crippen molar-refractivity contribution in [2.75, 3.05) is 0 Å². The van der Waals surface area contributed by atoms with E-state index < -0.39 is 0 Å². The molecule has 2 rings (SSSR count). The zero-order valence-electron chi connectivity index (χ0n) is 12.7. The van der Waals surface area contributed by atoms with Gasteiger partial charge in [0, 0.05) is 24.7 Å². The van der Waals surface area contributed by atoms with E-state index in [1.165, 1.54) is 5.56 Å². The van der Waals surface area contributed by atoms with Crippen molar-refractivity contribution in [3.63, 3.8) is 0 Å². The number of ether oxygens (including phenoxy) is 1. The second-order valence-electron chi connectivity index (χ2n) is 5.14. The summed E-state index contributed by atoms with van der Waals surface area (Å²) in [5, 5.41) is 0. The summed E-state index contributed by atoms with van der Waals surface area (Å²) in [6.45, 7) is 7.39. The maximum atomic E-state index is 11.5. The fourth-order valence-corrected chi connectivity index (χ4v) is 2.04.